The zero-order chi connectivity index (χ0) is 17.4. The average molecular weight is 366 g/mol. The van der Waals surface area contributed by atoms with E-state index in [9.17, 15) is 18.0 Å². The van der Waals surface area contributed by atoms with Crippen LogP contribution < -0.4 is 5.32 Å². The van der Waals surface area contributed by atoms with Crippen molar-refractivity contribution in [1.29, 1.82) is 0 Å². The lowest BCUT2D eigenvalue weighted by Crippen LogP contribution is -2.26. The Morgan fingerprint density at radius 3 is 2.30 bits per heavy atom. The summed E-state index contributed by atoms with van der Waals surface area (Å²) in [7, 11) is 0. The van der Waals surface area contributed by atoms with Crippen LogP contribution in [0.4, 0.5) is 13.2 Å². The van der Waals surface area contributed by atoms with Gasteiger partial charge in [0.05, 0.1) is 11.5 Å². The summed E-state index contributed by atoms with van der Waals surface area (Å²) in [4.78, 5) is 12.2. The number of alkyl halides is 3. The number of carbonyl (C=O) groups excluding carboxylic acids is 1. The molecule has 0 aliphatic heterocycles. The van der Waals surface area contributed by atoms with Crippen LogP contribution in [0.1, 0.15) is 25.0 Å². The summed E-state index contributed by atoms with van der Waals surface area (Å²) in [5.41, 5.74) is -0.343. The fourth-order valence-electron chi connectivity index (χ4n) is 2.74. The van der Waals surface area contributed by atoms with Gasteiger partial charge in [-0.25, -0.2) is 0 Å². The highest BCUT2D eigenvalue weighted by Crippen LogP contribution is 2.59. The first-order chi connectivity index (χ1) is 10.5. The number of halogens is 5. The molecule has 1 aliphatic carbocycles. The van der Waals surface area contributed by atoms with Gasteiger partial charge in [0.15, 0.2) is 0 Å². The van der Waals surface area contributed by atoms with Crippen LogP contribution in [-0.2, 0) is 17.5 Å². The maximum absolute atomic E-state index is 12.5. The summed E-state index contributed by atoms with van der Waals surface area (Å²) in [6.07, 6.45) is -2.72. The number of hydrogen-bond acceptors (Lipinski definition) is 1. The Morgan fingerprint density at radius 1 is 1.26 bits per heavy atom. The zero-order valence-electron chi connectivity index (χ0n) is 12.5. The molecular formula is C16H16Cl2F3NO. The summed E-state index contributed by atoms with van der Waals surface area (Å²) in [6, 6.07) is 4.71. The number of allylic oxidation sites excluding steroid dienone is 1. The molecule has 0 aromatic heterocycles. The third-order valence-corrected chi connectivity index (χ3v) is 4.50. The number of amides is 1. The van der Waals surface area contributed by atoms with Gasteiger partial charge >= 0.3 is 6.18 Å². The van der Waals surface area contributed by atoms with E-state index in [1.165, 1.54) is 12.1 Å². The maximum atomic E-state index is 12.5. The van der Waals surface area contributed by atoms with Crippen LogP contribution in [0.15, 0.2) is 34.8 Å². The van der Waals surface area contributed by atoms with Crippen molar-refractivity contribution in [2.24, 2.45) is 17.3 Å². The van der Waals surface area contributed by atoms with E-state index in [2.05, 4.69) is 5.32 Å². The first-order valence-corrected chi connectivity index (χ1v) is 7.75. The predicted molar refractivity (Wildman–Crippen MR) is 83.8 cm³/mol. The lowest BCUT2D eigenvalue weighted by Gasteiger charge is -2.09. The molecule has 2 rings (SSSR count). The average Bonchev–Trinajstić information content (AvgIpc) is 2.96. The first-order valence-electron chi connectivity index (χ1n) is 7.00. The first kappa shape index (κ1) is 18.1. The Bertz CT molecular complexity index is 619. The molecular weight excluding hydrogens is 350 g/mol. The minimum atomic E-state index is -4.36. The second-order valence-electron chi connectivity index (χ2n) is 6.19. The van der Waals surface area contributed by atoms with Crippen LogP contribution >= 0.6 is 23.2 Å². The van der Waals surface area contributed by atoms with Gasteiger partial charge in [0.2, 0.25) is 5.91 Å². The van der Waals surface area contributed by atoms with E-state index in [0.717, 1.165) is 12.1 Å². The monoisotopic (exact) mass is 365 g/mol. The fourth-order valence-corrected chi connectivity index (χ4v) is 3.01. The van der Waals surface area contributed by atoms with Crippen LogP contribution in [0.5, 0.6) is 0 Å². The predicted octanol–water partition coefficient (Wildman–Crippen LogP) is 4.91. The Hall–Kier alpha value is -1.20. The van der Waals surface area contributed by atoms with Gasteiger partial charge in [-0.2, -0.15) is 13.2 Å². The maximum Gasteiger partial charge on any atom is 0.416 e. The van der Waals surface area contributed by atoms with Gasteiger partial charge in [0.25, 0.3) is 0 Å². The quantitative estimate of drug-likeness (QED) is 0.806. The van der Waals surface area contributed by atoms with E-state index in [0.29, 0.717) is 5.56 Å². The summed E-state index contributed by atoms with van der Waals surface area (Å²) in [5.74, 6) is -0.449. The Morgan fingerprint density at radius 2 is 1.83 bits per heavy atom. The number of carbonyl (C=O) groups is 1. The smallest absolute Gasteiger partial charge is 0.352 e. The van der Waals surface area contributed by atoms with Crippen molar-refractivity contribution in [3.63, 3.8) is 0 Å². The van der Waals surface area contributed by atoms with Gasteiger partial charge in [-0.15, -0.1) is 0 Å². The molecule has 7 heteroatoms. The Balaban J connectivity index is 1.94. The molecule has 0 saturated heterocycles. The molecule has 2 nitrogen and oxygen atoms in total. The second-order valence-corrected chi connectivity index (χ2v) is 7.20. The third-order valence-electron chi connectivity index (χ3n) is 4.25. The number of hydrogen-bond donors (Lipinski definition) is 1. The van der Waals surface area contributed by atoms with Crippen molar-refractivity contribution in [2.75, 3.05) is 0 Å². The highest BCUT2D eigenvalue weighted by atomic mass is 35.5. The van der Waals surface area contributed by atoms with Gasteiger partial charge < -0.3 is 5.32 Å². The third kappa shape index (κ3) is 4.21. The highest BCUT2D eigenvalue weighted by molar-refractivity contribution is 6.55. The molecule has 0 radical (unpaired) electrons. The zero-order valence-corrected chi connectivity index (χ0v) is 14.1. The van der Waals surface area contributed by atoms with E-state index in [1.54, 1.807) is 6.08 Å². The van der Waals surface area contributed by atoms with Gasteiger partial charge in [-0.3, -0.25) is 4.79 Å². The molecule has 0 heterocycles. The summed E-state index contributed by atoms with van der Waals surface area (Å²) < 4.78 is 37.6. The summed E-state index contributed by atoms with van der Waals surface area (Å²) in [5, 5.41) is 2.74. The van der Waals surface area contributed by atoms with Crippen molar-refractivity contribution in [3.8, 4) is 0 Å². The van der Waals surface area contributed by atoms with E-state index in [-0.39, 0.29) is 34.2 Å². The van der Waals surface area contributed by atoms with Gasteiger partial charge in [-0.1, -0.05) is 49.2 Å². The highest BCUT2D eigenvalue weighted by Gasteiger charge is 2.60. The Kier molecular flexibility index (Phi) is 5.02. The molecule has 0 spiro atoms. The minimum Gasteiger partial charge on any atom is -0.352 e. The van der Waals surface area contributed by atoms with E-state index < -0.39 is 11.7 Å². The molecule has 1 fully saturated rings. The Labute approximate surface area is 142 Å². The normalized spacial score (nSPS) is 22.4. The molecule has 1 saturated carbocycles. The largest absolute Gasteiger partial charge is 0.416 e. The fraction of sp³-hybridized carbons (Fsp3) is 0.438. The molecule has 1 amide bonds. The van der Waals surface area contributed by atoms with Gasteiger partial charge in [0.1, 0.15) is 4.49 Å². The summed E-state index contributed by atoms with van der Waals surface area (Å²) in [6.45, 7) is 4.05. The van der Waals surface area contributed by atoms with Crippen LogP contribution in [-0.4, -0.2) is 5.91 Å². The molecule has 1 N–H and O–H groups in total. The van der Waals surface area contributed by atoms with Crippen molar-refractivity contribution >= 4 is 29.1 Å². The van der Waals surface area contributed by atoms with Crippen LogP contribution in [0.25, 0.3) is 0 Å². The van der Waals surface area contributed by atoms with Crippen LogP contribution in [0, 0.1) is 17.3 Å². The lowest BCUT2D eigenvalue weighted by atomic mass is 10.1. The van der Waals surface area contributed by atoms with E-state index in [4.69, 9.17) is 23.2 Å². The van der Waals surface area contributed by atoms with E-state index in [1.807, 2.05) is 13.8 Å². The van der Waals surface area contributed by atoms with Crippen molar-refractivity contribution < 1.29 is 18.0 Å². The van der Waals surface area contributed by atoms with Crippen molar-refractivity contribution in [1.82, 2.24) is 5.32 Å². The standard InChI is InChI=1S/C16H16Cl2F3NO/c1-15(2)11(7-12(17)18)13(15)14(23)22-8-9-3-5-10(6-4-9)16(19,20)21/h3-7,11,13H,8H2,1-2H3,(H,22,23)/t11-,13-/m0/s1. The van der Waals surface area contributed by atoms with Crippen LogP contribution in [0.3, 0.4) is 0 Å². The van der Waals surface area contributed by atoms with E-state index >= 15 is 0 Å². The van der Waals surface area contributed by atoms with Gasteiger partial charge in [0, 0.05) is 6.54 Å². The molecule has 2 atom stereocenters. The molecule has 1 aromatic carbocycles. The number of nitrogens with one attached hydrogen (secondary N) is 1. The minimum absolute atomic E-state index is 0.0416. The second kappa shape index (κ2) is 6.36. The van der Waals surface area contributed by atoms with Crippen molar-refractivity contribution in [3.05, 3.63) is 46.0 Å². The molecule has 126 valence electrons. The topological polar surface area (TPSA) is 29.1 Å². The molecule has 23 heavy (non-hydrogen) atoms. The van der Waals surface area contributed by atoms with Gasteiger partial charge in [-0.05, 0) is 35.1 Å². The summed E-state index contributed by atoms with van der Waals surface area (Å²) >= 11 is 11.3. The van der Waals surface area contributed by atoms with Crippen molar-refractivity contribution in [2.45, 2.75) is 26.6 Å². The van der Waals surface area contributed by atoms with Crippen LogP contribution in [0.2, 0.25) is 0 Å². The molecule has 0 unspecified atom stereocenters. The molecule has 1 aromatic rings. The molecule has 0 bridgehead atoms. The SMILES string of the molecule is CC1(C)[C@H](C(=O)NCc2ccc(C(F)(F)F)cc2)[C@@H]1C=C(Cl)Cl. The number of benzene rings is 1. The molecule has 1 aliphatic rings. The number of rotatable bonds is 4. The lowest BCUT2D eigenvalue weighted by molar-refractivity contribution is -0.137.